The third-order valence-corrected chi connectivity index (χ3v) is 4.69. The maximum atomic E-state index is 13.7. The highest BCUT2D eigenvalue weighted by Gasteiger charge is 2.32. The molecule has 2 aromatic carbocycles. The number of halogens is 2. The number of amides is 2. The zero-order valence-corrected chi connectivity index (χ0v) is 15.4. The van der Waals surface area contributed by atoms with Crippen LogP contribution in [0.15, 0.2) is 48.5 Å². The van der Waals surface area contributed by atoms with E-state index in [0.29, 0.717) is 31.7 Å². The highest BCUT2D eigenvalue weighted by molar-refractivity contribution is 5.89. The van der Waals surface area contributed by atoms with Gasteiger partial charge in [0.15, 0.2) is 0 Å². The average Bonchev–Trinajstić information content (AvgIpc) is 2.71. The molecule has 6 nitrogen and oxygen atoms in total. The number of hydrogen-bond acceptors (Lipinski definition) is 4. The second-order valence-corrected chi connectivity index (χ2v) is 6.41. The van der Waals surface area contributed by atoms with E-state index in [9.17, 15) is 18.4 Å². The molecule has 1 atom stereocenters. The minimum Gasteiger partial charge on any atom is -0.468 e. The second kappa shape index (κ2) is 8.79. The van der Waals surface area contributed by atoms with E-state index in [-0.39, 0.29) is 11.5 Å². The van der Waals surface area contributed by atoms with Crippen molar-refractivity contribution >= 4 is 17.7 Å². The third-order valence-electron chi connectivity index (χ3n) is 4.69. The van der Waals surface area contributed by atoms with Crippen LogP contribution < -0.4 is 5.32 Å². The fraction of sp³-hybridized carbons (Fsp3) is 0.300. The molecule has 0 spiro atoms. The summed E-state index contributed by atoms with van der Waals surface area (Å²) in [5.41, 5.74) is 0.742. The fourth-order valence-electron chi connectivity index (χ4n) is 3.19. The van der Waals surface area contributed by atoms with Crippen molar-refractivity contribution in [3.8, 4) is 0 Å². The molecule has 1 N–H and O–H groups in total. The first-order valence-corrected chi connectivity index (χ1v) is 8.87. The smallest absolute Gasteiger partial charge is 0.327 e. The van der Waals surface area contributed by atoms with Crippen molar-refractivity contribution in [1.29, 1.82) is 0 Å². The molecule has 1 saturated heterocycles. The Bertz CT molecular complexity index is 837. The largest absolute Gasteiger partial charge is 0.468 e. The van der Waals surface area contributed by atoms with Crippen LogP contribution in [0, 0.1) is 11.6 Å². The normalized spacial score (nSPS) is 15.8. The summed E-state index contributed by atoms with van der Waals surface area (Å²) < 4.78 is 31.8. The molecule has 148 valence electrons. The van der Waals surface area contributed by atoms with Gasteiger partial charge < -0.3 is 15.0 Å². The molecule has 1 heterocycles. The number of hydrogen-bond donors (Lipinski definition) is 1. The Morgan fingerprint density at radius 2 is 1.64 bits per heavy atom. The lowest BCUT2D eigenvalue weighted by molar-refractivity contribution is -0.148. The average molecular weight is 389 g/mol. The molecule has 1 aliphatic heterocycles. The second-order valence-electron chi connectivity index (χ2n) is 6.41. The number of rotatable bonds is 4. The van der Waals surface area contributed by atoms with Crippen LogP contribution in [0.4, 0.5) is 19.3 Å². The van der Waals surface area contributed by atoms with Gasteiger partial charge in [0, 0.05) is 26.2 Å². The van der Waals surface area contributed by atoms with Crippen molar-refractivity contribution < 1.29 is 23.1 Å². The van der Waals surface area contributed by atoms with Gasteiger partial charge in [0.25, 0.3) is 0 Å². The van der Waals surface area contributed by atoms with Crippen LogP contribution in [0.3, 0.4) is 0 Å². The van der Waals surface area contributed by atoms with Gasteiger partial charge in [-0.1, -0.05) is 24.3 Å². The van der Waals surface area contributed by atoms with Crippen LogP contribution >= 0.6 is 0 Å². The summed E-state index contributed by atoms with van der Waals surface area (Å²) in [6.07, 6.45) is 0. The number of nitrogens with one attached hydrogen (secondary N) is 1. The van der Waals surface area contributed by atoms with Gasteiger partial charge in [0.2, 0.25) is 0 Å². The van der Waals surface area contributed by atoms with E-state index in [0.717, 1.165) is 0 Å². The zero-order valence-electron chi connectivity index (χ0n) is 15.4. The summed E-state index contributed by atoms with van der Waals surface area (Å²) >= 11 is 0. The van der Waals surface area contributed by atoms with Gasteiger partial charge >= 0.3 is 12.0 Å². The zero-order chi connectivity index (χ0) is 20.1. The third kappa shape index (κ3) is 4.45. The quantitative estimate of drug-likeness (QED) is 0.817. The van der Waals surface area contributed by atoms with Gasteiger partial charge in [0.05, 0.1) is 12.8 Å². The van der Waals surface area contributed by atoms with Crippen LogP contribution in [0.2, 0.25) is 0 Å². The molecular formula is C20H21F2N3O3. The molecule has 28 heavy (non-hydrogen) atoms. The van der Waals surface area contributed by atoms with Gasteiger partial charge in [0.1, 0.15) is 17.7 Å². The number of carbonyl (C=O) groups is 2. The van der Waals surface area contributed by atoms with Crippen molar-refractivity contribution in [2.75, 3.05) is 38.6 Å². The lowest BCUT2D eigenvalue weighted by Crippen LogP contribution is -2.52. The van der Waals surface area contributed by atoms with Crippen LogP contribution in [0.25, 0.3) is 0 Å². The number of piperazine rings is 1. The monoisotopic (exact) mass is 389 g/mol. The van der Waals surface area contributed by atoms with E-state index in [4.69, 9.17) is 4.74 Å². The molecule has 8 heteroatoms. The van der Waals surface area contributed by atoms with Crippen LogP contribution in [-0.4, -0.2) is 55.1 Å². The van der Waals surface area contributed by atoms with Crippen molar-refractivity contribution in [1.82, 2.24) is 9.80 Å². The number of esters is 1. The molecule has 2 aromatic rings. The molecule has 1 fully saturated rings. The molecule has 2 amide bonds. The Hall–Kier alpha value is -3.00. The van der Waals surface area contributed by atoms with Crippen LogP contribution in [0.5, 0.6) is 0 Å². The molecule has 1 aliphatic rings. The molecule has 0 aliphatic carbocycles. The Balaban J connectivity index is 1.65. The van der Waals surface area contributed by atoms with E-state index in [1.165, 1.54) is 31.4 Å². The molecule has 0 unspecified atom stereocenters. The first kappa shape index (κ1) is 19.8. The summed E-state index contributed by atoms with van der Waals surface area (Å²) in [6, 6.07) is 10.6. The van der Waals surface area contributed by atoms with Crippen molar-refractivity contribution in [2.24, 2.45) is 0 Å². The topological polar surface area (TPSA) is 61.9 Å². The van der Waals surface area contributed by atoms with Gasteiger partial charge in [-0.2, -0.15) is 0 Å². The number of benzene rings is 2. The number of ether oxygens (including phenoxy) is 1. The standard InChI is InChI=1S/C20H21F2N3O3/c1-28-19(26)18(14-6-8-15(21)9-7-14)24-10-12-25(13-11-24)20(27)23-17-5-3-2-4-16(17)22/h2-9,18H,10-13H2,1H3,(H,23,27)/t18-/m1/s1. The first-order valence-electron chi connectivity index (χ1n) is 8.87. The van der Waals surface area contributed by atoms with E-state index in [1.54, 1.807) is 29.2 Å². The first-order chi connectivity index (χ1) is 13.5. The van der Waals surface area contributed by atoms with Crippen LogP contribution in [0.1, 0.15) is 11.6 Å². The Morgan fingerprint density at radius 1 is 1.00 bits per heavy atom. The lowest BCUT2D eigenvalue weighted by Gasteiger charge is -2.38. The molecule has 3 rings (SSSR count). The summed E-state index contributed by atoms with van der Waals surface area (Å²) in [5, 5.41) is 2.56. The summed E-state index contributed by atoms with van der Waals surface area (Å²) in [7, 11) is 1.30. The summed E-state index contributed by atoms with van der Waals surface area (Å²) in [5.74, 6) is -1.34. The van der Waals surface area contributed by atoms with Gasteiger partial charge in [-0.05, 0) is 29.8 Å². The predicted octanol–water partition coefficient (Wildman–Crippen LogP) is 3.03. The van der Waals surface area contributed by atoms with E-state index in [2.05, 4.69) is 5.32 Å². The molecule has 0 bridgehead atoms. The lowest BCUT2D eigenvalue weighted by atomic mass is 10.0. The highest BCUT2D eigenvalue weighted by atomic mass is 19.1. The minimum absolute atomic E-state index is 0.119. The van der Waals surface area contributed by atoms with Gasteiger partial charge in [-0.3, -0.25) is 4.90 Å². The van der Waals surface area contributed by atoms with Crippen LogP contribution in [-0.2, 0) is 9.53 Å². The van der Waals surface area contributed by atoms with Gasteiger partial charge in [-0.25, -0.2) is 18.4 Å². The SMILES string of the molecule is COC(=O)[C@@H](c1ccc(F)cc1)N1CCN(C(=O)Nc2ccccc2F)CC1. The minimum atomic E-state index is -0.678. The van der Waals surface area contributed by atoms with Crippen molar-refractivity contribution in [2.45, 2.75) is 6.04 Å². The maximum absolute atomic E-state index is 13.7. The number of methoxy groups -OCH3 is 1. The Kier molecular flexibility index (Phi) is 6.20. The van der Waals surface area contributed by atoms with E-state index < -0.39 is 23.9 Å². The number of carbonyl (C=O) groups excluding carboxylic acids is 2. The van der Waals surface area contributed by atoms with E-state index >= 15 is 0 Å². The Labute approximate surface area is 161 Å². The van der Waals surface area contributed by atoms with Gasteiger partial charge in [-0.15, -0.1) is 0 Å². The molecule has 0 radical (unpaired) electrons. The maximum Gasteiger partial charge on any atom is 0.327 e. The summed E-state index contributed by atoms with van der Waals surface area (Å²) in [6.45, 7) is 1.55. The number of anilines is 1. The molecule has 0 aromatic heterocycles. The summed E-state index contributed by atoms with van der Waals surface area (Å²) in [4.78, 5) is 28.1. The number of nitrogens with zero attached hydrogens (tertiary/aromatic N) is 2. The fourth-order valence-corrected chi connectivity index (χ4v) is 3.19. The molecular weight excluding hydrogens is 368 g/mol. The number of urea groups is 1. The predicted molar refractivity (Wildman–Crippen MR) is 99.7 cm³/mol. The Morgan fingerprint density at radius 3 is 2.25 bits per heavy atom. The van der Waals surface area contributed by atoms with Crippen molar-refractivity contribution in [3.63, 3.8) is 0 Å². The van der Waals surface area contributed by atoms with Crippen molar-refractivity contribution in [3.05, 3.63) is 65.7 Å². The highest BCUT2D eigenvalue weighted by Crippen LogP contribution is 2.24. The van der Waals surface area contributed by atoms with E-state index in [1.807, 2.05) is 4.90 Å². The molecule has 0 saturated carbocycles. The number of para-hydroxylation sites is 1.